The van der Waals surface area contributed by atoms with Crippen LogP contribution in [0.15, 0.2) is 162 Å². The van der Waals surface area contributed by atoms with Crippen molar-refractivity contribution in [1.82, 2.24) is 4.57 Å². The van der Waals surface area contributed by atoms with E-state index >= 15 is 0 Å². The van der Waals surface area contributed by atoms with Crippen molar-refractivity contribution < 1.29 is 0 Å². The van der Waals surface area contributed by atoms with Crippen molar-refractivity contribution >= 4 is 66.6 Å². The van der Waals surface area contributed by atoms with E-state index in [9.17, 15) is 0 Å². The molecule has 0 saturated heterocycles. The van der Waals surface area contributed by atoms with Gasteiger partial charge in [0.15, 0.2) is 8.07 Å². The first kappa shape index (κ1) is 23.9. The quantitative estimate of drug-likeness (QED) is 0.154. The van der Waals surface area contributed by atoms with E-state index in [1.165, 1.54) is 48.2 Å². The molecule has 0 atom stereocenters. The standard InChI is InChI=1S/C36H26BrNSi/c37-27-13-11-19-31(25-27)39(29-15-3-1-4-16-29,30-17-5-2-6-18-30)32-20-12-14-28(26-32)38-35-23-9-7-21-33(35)34-22-8-10-24-36(34)38/h1-26H. The molecule has 0 aliphatic rings. The average molecular weight is 581 g/mol. The van der Waals surface area contributed by atoms with E-state index in [1.807, 2.05) is 0 Å². The van der Waals surface area contributed by atoms with Crippen molar-refractivity contribution in [3.63, 3.8) is 0 Å². The van der Waals surface area contributed by atoms with Gasteiger partial charge in [0.05, 0.1) is 11.0 Å². The summed E-state index contributed by atoms with van der Waals surface area (Å²) in [4.78, 5) is 0. The van der Waals surface area contributed by atoms with E-state index in [-0.39, 0.29) is 0 Å². The van der Waals surface area contributed by atoms with Gasteiger partial charge < -0.3 is 4.57 Å². The first-order valence-corrected chi connectivity index (χ1v) is 16.0. The van der Waals surface area contributed by atoms with E-state index in [4.69, 9.17) is 0 Å². The predicted octanol–water partition coefficient (Wildman–Crippen LogP) is 6.92. The van der Waals surface area contributed by atoms with Gasteiger partial charge in [0, 0.05) is 20.9 Å². The molecule has 39 heavy (non-hydrogen) atoms. The number of aromatic nitrogens is 1. The number of halogens is 1. The number of para-hydroxylation sites is 2. The molecule has 1 heterocycles. The van der Waals surface area contributed by atoms with Crippen molar-refractivity contribution in [2.45, 2.75) is 0 Å². The molecule has 0 N–H and O–H groups in total. The maximum absolute atomic E-state index is 3.79. The normalized spacial score (nSPS) is 11.7. The monoisotopic (exact) mass is 579 g/mol. The van der Waals surface area contributed by atoms with Gasteiger partial charge in [-0.1, -0.05) is 137 Å². The third-order valence-corrected chi connectivity index (χ3v) is 13.0. The van der Waals surface area contributed by atoms with Crippen molar-refractivity contribution in [2.24, 2.45) is 0 Å². The largest absolute Gasteiger partial charge is 0.309 e. The van der Waals surface area contributed by atoms with Gasteiger partial charge in [-0.3, -0.25) is 0 Å². The zero-order valence-corrected chi connectivity index (χ0v) is 23.9. The van der Waals surface area contributed by atoms with Crippen LogP contribution in [0.25, 0.3) is 27.5 Å². The maximum atomic E-state index is 3.79. The summed E-state index contributed by atoms with van der Waals surface area (Å²) in [5.74, 6) is 0. The molecule has 0 fully saturated rings. The Kier molecular flexibility index (Phi) is 6.03. The van der Waals surface area contributed by atoms with Crippen LogP contribution in [-0.4, -0.2) is 12.6 Å². The summed E-state index contributed by atoms with van der Waals surface area (Å²) < 4.78 is 3.52. The SMILES string of the molecule is Brc1cccc([Si](c2ccccc2)(c2ccccc2)c2cccc(-n3c4ccccc4c4ccccc43)c2)c1. The first-order chi connectivity index (χ1) is 19.3. The Labute approximate surface area is 238 Å². The minimum Gasteiger partial charge on any atom is -0.309 e. The van der Waals surface area contributed by atoms with Crippen molar-refractivity contribution in [3.05, 3.63) is 162 Å². The van der Waals surface area contributed by atoms with Gasteiger partial charge in [-0.05, 0) is 57.1 Å². The summed E-state index contributed by atoms with van der Waals surface area (Å²) in [5, 5.41) is 8.01. The molecule has 0 saturated carbocycles. The summed E-state index contributed by atoms with van der Waals surface area (Å²) >= 11 is 3.79. The van der Waals surface area contributed by atoms with Crippen LogP contribution in [0.5, 0.6) is 0 Å². The highest BCUT2D eigenvalue weighted by atomic mass is 79.9. The molecule has 6 aromatic carbocycles. The topological polar surface area (TPSA) is 4.93 Å². The van der Waals surface area contributed by atoms with Crippen LogP contribution in [0.4, 0.5) is 0 Å². The van der Waals surface area contributed by atoms with Crippen LogP contribution >= 0.6 is 15.9 Å². The number of nitrogens with zero attached hydrogens (tertiary/aromatic N) is 1. The second kappa shape index (κ2) is 9.85. The third-order valence-electron chi connectivity index (χ3n) is 7.79. The molecule has 0 aliphatic heterocycles. The van der Waals surface area contributed by atoms with Crippen molar-refractivity contribution in [2.75, 3.05) is 0 Å². The Bertz CT molecular complexity index is 1830. The average Bonchev–Trinajstić information content (AvgIpc) is 3.34. The number of rotatable bonds is 5. The summed E-state index contributed by atoms with van der Waals surface area (Å²) in [6.07, 6.45) is 0. The highest BCUT2D eigenvalue weighted by Gasteiger charge is 2.41. The number of fused-ring (bicyclic) bond motifs is 3. The van der Waals surface area contributed by atoms with E-state index in [0.29, 0.717) is 0 Å². The minimum atomic E-state index is -2.65. The molecule has 7 aromatic rings. The summed E-state index contributed by atoms with van der Waals surface area (Å²) in [7, 11) is -2.65. The highest BCUT2D eigenvalue weighted by Crippen LogP contribution is 2.31. The zero-order valence-electron chi connectivity index (χ0n) is 21.3. The van der Waals surface area contributed by atoms with Crippen LogP contribution in [0.2, 0.25) is 0 Å². The molecular weight excluding hydrogens is 554 g/mol. The molecular formula is C36H26BrNSi. The lowest BCUT2D eigenvalue weighted by molar-refractivity contribution is 1.18. The van der Waals surface area contributed by atoms with Crippen LogP contribution in [-0.2, 0) is 0 Å². The fraction of sp³-hybridized carbons (Fsp3) is 0. The van der Waals surface area contributed by atoms with Crippen molar-refractivity contribution in [3.8, 4) is 5.69 Å². The minimum absolute atomic E-state index is 1.10. The molecule has 0 aliphatic carbocycles. The smallest absolute Gasteiger partial charge is 0.179 e. The molecule has 7 rings (SSSR count). The molecule has 1 aromatic heterocycles. The summed E-state index contributed by atoms with van der Waals surface area (Å²) in [6, 6.07) is 57.8. The highest BCUT2D eigenvalue weighted by molar-refractivity contribution is 9.10. The van der Waals surface area contributed by atoms with Crippen molar-refractivity contribution in [1.29, 1.82) is 0 Å². The molecule has 186 valence electrons. The predicted molar refractivity (Wildman–Crippen MR) is 172 cm³/mol. The molecule has 0 spiro atoms. The summed E-state index contributed by atoms with van der Waals surface area (Å²) in [5.41, 5.74) is 3.64. The van der Waals surface area contributed by atoms with Crippen LogP contribution in [0.3, 0.4) is 0 Å². The van der Waals surface area contributed by atoms with Crippen LogP contribution < -0.4 is 20.7 Å². The lowest BCUT2D eigenvalue weighted by Crippen LogP contribution is -2.74. The van der Waals surface area contributed by atoms with E-state index in [2.05, 4.69) is 178 Å². The van der Waals surface area contributed by atoms with Gasteiger partial charge in [0.25, 0.3) is 0 Å². The fourth-order valence-corrected chi connectivity index (χ4v) is 11.6. The second-order valence-corrected chi connectivity index (χ2v) is 14.6. The Balaban J connectivity index is 1.58. The van der Waals surface area contributed by atoms with Gasteiger partial charge in [-0.2, -0.15) is 0 Å². The Morgan fingerprint density at radius 1 is 0.410 bits per heavy atom. The van der Waals surface area contributed by atoms with Gasteiger partial charge in [-0.25, -0.2) is 0 Å². The Morgan fingerprint density at radius 2 is 0.872 bits per heavy atom. The lowest BCUT2D eigenvalue weighted by atomic mass is 10.2. The van der Waals surface area contributed by atoms with E-state index in [1.54, 1.807) is 0 Å². The van der Waals surface area contributed by atoms with Gasteiger partial charge in [0.1, 0.15) is 0 Å². The van der Waals surface area contributed by atoms with E-state index < -0.39 is 8.07 Å². The molecule has 0 unspecified atom stereocenters. The Hall–Kier alpha value is -4.18. The molecule has 1 nitrogen and oxygen atoms in total. The number of benzene rings is 6. The number of hydrogen-bond donors (Lipinski definition) is 0. The summed E-state index contributed by atoms with van der Waals surface area (Å²) in [6.45, 7) is 0. The van der Waals surface area contributed by atoms with Crippen LogP contribution in [0, 0.1) is 0 Å². The lowest BCUT2D eigenvalue weighted by Gasteiger charge is -2.35. The molecule has 0 amide bonds. The van der Waals surface area contributed by atoms with E-state index in [0.717, 1.165) is 4.47 Å². The molecule has 0 radical (unpaired) electrons. The van der Waals surface area contributed by atoms with Gasteiger partial charge in [-0.15, -0.1) is 0 Å². The second-order valence-electron chi connectivity index (χ2n) is 9.91. The van der Waals surface area contributed by atoms with Crippen LogP contribution in [0.1, 0.15) is 0 Å². The zero-order chi connectivity index (χ0) is 26.2. The number of hydrogen-bond acceptors (Lipinski definition) is 0. The molecule has 3 heteroatoms. The molecule has 0 bridgehead atoms. The maximum Gasteiger partial charge on any atom is 0.179 e. The fourth-order valence-electron chi connectivity index (χ4n) is 6.18. The Morgan fingerprint density at radius 3 is 1.44 bits per heavy atom. The third kappa shape index (κ3) is 3.89. The van der Waals surface area contributed by atoms with Gasteiger partial charge >= 0.3 is 0 Å². The first-order valence-electron chi connectivity index (χ1n) is 13.2. The van der Waals surface area contributed by atoms with Gasteiger partial charge in [0.2, 0.25) is 0 Å².